The summed E-state index contributed by atoms with van der Waals surface area (Å²) in [6, 6.07) is 4.48. The number of methoxy groups -OCH3 is 1. The Balaban J connectivity index is 1.65. The minimum absolute atomic E-state index is 0.0987. The first-order valence-electron chi connectivity index (χ1n) is 11.6. The van der Waals surface area contributed by atoms with E-state index in [2.05, 4.69) is 16.3 Å². The Kier molecular flexibility index (Phi) is 9.26. The van der Waals surface area contributed by atoms with Gasteiger partial charge in [-0.1, -0.05) is 29.3 Å². The van der Waals surface area contributed by atoms with Gasteiger partial charge in [0.2, 0.25) is 0 Å². The summed E-state index contributed by atoms with van der Waals surface area (Å²) in [5, 5.41) is -0.0487. The smallest absolute Gasteiger partial charge is 0.387 e. The molecule has 1 aliphatic carbocycles. The van der Waals surface area contributed by atoms with E-state index < -0.39 is 24.1 Å². The molecule has 0 bridgehead atoms. The predicted octanol–water partition coefficient (Wildman–Crippen LogP) is 6.10. The van der Waals surface area contributed by atoms with Gasteiger partial charge in [-0.05, 0) is 48.6 Å². The lowest BCUT2D eigenvalue weighted by Crippen LogP contribution is -2.36. The van der Waals surface area contributed by atoms with Crippen molar-refractivity contribution >= 4 is 40.9 Å². The maximum atomic E-state index is 13.3. The Labute approximate surface area is 228 Å². The number of pyridine rings is 1. The molecule has 1 aliphatic heterocycles. The highest BCUT2D eigenvalue weighted by Crippen LogP contribution is 2.39. The molecular weight excluding hydrogens is 549 g/mol. The van der Waals surface area contributed by atoms with Crippen LogP contribution in [0.15, 0.2) is 43.1 Å². The number of esters is 1. The number of hydrogen-bond donors (Lipinski definition) is 0. The number of benzene rings is 1. The minimum atomic E-state index is -3.02. The van der Waals surface area contributed by atoms with E-state index in [-0.39, 0.29) is 17.9 Å². The molecule has 0 amide bonds. The first kappa shape index (κ1) is 27.6. The van der Waals surface area contributed by atoms with Crippen molar-refractivity contribution in [3.05, 3.63) is 64.2 Å². The standard InChI is InChI=1S/C25H26Cl2F2N2O5S/c1-14(33-2)31-7-8-37-23(31)24(32)35-21(10-17-18(26)11-30-12-19(17)27)16-5-6-20(36-25(28)29)22(9-16)34-13-15-3-4-15/h5-6,9,11-12,15,21,23,25H,1,3-4,7-8,10,13H2,2H3/t21-,23?/m0/s1. The molecule has 1 saturated heterocycles. The van der Waals surface area contributed by atoms with Gasteiger partial charge >= 0.3 is 12.6 Å². The van der Waals surface area contributed by atoms with E-state index in [0.717, 1.165) is 12.8 Å². The summed E-state index contributed by atoms with van der Waals surface area (Å²) in [5.41, 5.74) is 1.03. The van der Waals surface area contributed by atoms with Gasteiger partial charge < -0.3 is 23.8 Å². The second-order valence-electron chi connectivity index (χ2n) is 8.56. The highest BCUT2D eigenvalue weighted by atomic mass is 35.5. The number of hydrogen-bond acceptors (Lipinski definition) is 8. The SMILES string of the molecule is C=C(OC)N1CCSC1C(=O)O[C@@H](Cc1c(Cl)cncc1Cl)c1ccc(OC(F)F)c(OCC2CC2)c1. The predicted molar refractivity (Wildman–Crippen MR) is 137 cm³/mol. The van der Waals surface area contributed by atoms with Gasteiger partial charge in [0.15, 0.2) is 22.8 Å². The van der Waals surface area contributed by atoms with Crippen molar-refractivity contribution in [1.82, 2.24) is 9.88 Å². The van der Waals surface area contributed by atoms with Crippen LogP contribution < -0.4 is 9.47 Å². The Morgan fingerprint density at radius 2 is 1.97 bits per heavy atom. The van der Waals surface area contributed by atoms with Gasteiger partial charge in [-0.25, -0.2) is 4.79 Å². The number of thioether (sulfide) groups is 1. The number of ether oxygens (including phenoxy) is 4. The van der Waals surface area contributed by atoms with Gasteiger partial charge in [-0.2, -0.15) is 8.78 Å². The van der Waals surface area contributed by atoms with Crippen LogP contribution in [-0.2, 0) is 20.7 Å². The monoisotopic (exact) mass is 574 g/mol. The van der Waals surface area contributed by atoms with Crippen LogP contribution >= 0.6 is 35.0 Å². The van der Waals surface area contributed by atoms with E-state index in [1.807, 2.05) is 0 Å². The maximum Gasteiger partial charge on any atom is 0.387 e. The third-order valence-electron chi connectivity index (χ3n) is 5.98. The molecule has 12 heteroatoms. The molecule has 0 spiro atoms. The first-order valence-corrected chi connectivity index (χ1v) is 13.4. The molecule has 1 aromatic carbocycles. The van der Waals surface area contributed by atoms with Crippen LogP contribution in [0.5, 0.6) is 11.5 Å². The fraction of sp³-hybridized carbons (Fsp3) is 0.440. The van der Waals surface area contributed by atoms with Crippen molar-refractivity contribution < 1.29 is 32.5 Å². The van der Waals surface area contributed by atoms with Crippen molar-refractivity contribution in [2.75, 3.05) is 26.0 Å². The molecule has 37 heavy (non-hydrogen) atoms. The molecule has 1 unspecified atom stereocenters. The summed E-state index contributed by atoms with van der Waals surface area (Å²) < 4.78 is 47.7. The zero-order valence-electron chi connectivity index (χ0n) is 20.0. The van der Waals surface area contributed by atoms with Crippen LogP contribution in [0, 0.1) is 5.92 Å². The van der Waals surface area contributed by atoms with Crippen molar-refractivity contribution in [1.29, 1.82) is 0 Å². The van der Waals surface area contributed by atoms with Crippen LogP contribution in [0.1, 0.15) is 30.1 Å². The van der Waals surface area contributed by atoms with E-state index in [4.69, 9.17) is 37.4 Å². The molecule has 1 saturated carbocycles. The lowest BCUT2D eigenvalue weighted by Gasteiger charge is -2.27. The van der Waals surface area contributed by atoms with Crippen molar-refractivity contribution in [2.45, 2.75) is 37.4 Å². The largest absolute Gasteiger partial charge is 0.489 e. The summed E-state index contributed by atoms with van der Waals surface area (Å²) in [6.45, 7) is 1.78. The molecule has 0 radical (unpaired) electrons. The average molecular weight is 575 g/mol. The topological polar surface area (TPSA) is 70.1 Å². The number of aromatic nitrogens is 1. The van der Waals surface area contributed by atoms with E-state index in [9.17, 15) is 13.6 Å². The molecule has 4 rings (SSSR count). The van der Waals surface area contributed by atoms with Gasteiger partial charge in [0.1, 0.15) is 6.10 Å². The highest BCUT2D eigenvalue weighted by Gasteiger charge is 2.36. The quantitative estimate of drug-likeness (QED) is 0.222. The second-order valence-corrected chi connectivity index (χ2v) is 10.6. The Bertz CT molecular complexity index is 1120. The molecule has 2 aromatic rings. The van der Waals surface area contributed by atoms with Crippen molar-refractivity contribution in [3.8, 4) is 11.5 Å². The van der Waals surface area contributed by atoms with Crippen LogP contribution in [-0.4, -0.2) is 53.9 Å². The zero-order chi connectivity index (χ0) is 26.5. The third-order valence-corrected chi connectivity index (χ3v) is 7.81. The van der Waals surface area contributed by atoms with E-state index in [1.54, 1.807) is 17.0 Å². The van der Waals surface area contributed by atoms with Gasteiger partial charge in [0.05, 0.1) is 23.8 Å². The van der Waals surface area contributed by atoms with E-state index in [1.165, 1.54) is 37.3 Å². The fourth-order valence-corrected chi connectivity index (χ4v) is 5.44. The first-order chi connectivity index (χ1) is 17.8. The van der Waals surface area contributed by atoms with Crippen molar-refractivity contribution in [2.24, 2.45) is 5.92 Å². The molecule has 2 heterocycles. The minimum Gasteiger partial charge on any atom is -0.489 e. The summed E-state index contributed by atoms with van der Waals surface area (Å²) in [6.07, 6.45) is 4.18. The summed E-state index contributed by atoms with van der Waals surface area (Å²) in [5.74, 6) is 0.951. The molecule has 7 nitrogen and oxygen atoms in total. The number of nitrogens with zero attached hydrogens (tertiary/aromatic N) is 2. The number of carbonyl (C=O) groups excluding carboxylic acids is 1. The Morgan fingerprint density at radius 3 is 2.62 bits per heavy atom. The highest BCUT2D eigenvalue weighted by molar-refractivity contribution is 8.00. The maximum absolute atomic E-state index is 13.3. The molecular formula is C25H26Cl2F2N2O5S. The third kappa shape index (κ3) is 7.12. The lowest BCUT2D eigenvalue weighted by atomic mass is 10.0. The number of carbonyl (C=O) groups is 1. The van der Waals surface area contributed by atoms with E-state index in [0.29, 0.717) is 51.9 Å². The number of alkyl halides is 2. The molecule has 200 valence electrons. The van der Waals surface area contributed by atoms with Crippen LogP contribution in [0.2, 0.25) is 10.0 Å². The van der Waals surface area contributed by atoms with Crippen LogP contribution in [0.25, 0.3) is 0 Å². The second kappa shape index (κ2) is 12.4. The van der Waals surface area contributed by atoms with Crippen molar-refractivity contribution in [3.63, 3.8) is 0 Å². The summed E-state index contributed by atoms with van der Waals surface area (Å²) in [4.78, 5) is 19.0. The van der Waals surface area contributed by atoms with Crippen LogP contribution in [0.3, 0.4) is 0 Å². The molecule has 2 fully saturated rings. The zero-order valence-corrected chi connectivity index (χ0v) is 22.3. The summed E-state index contributed by atoms with van der Waals surface area (Å²) in [7, 11) is 1.48. The van der Waals surface area contributed by atoms with Gasteiger partial charge in [0, 0.05) is 31.1 Å². The normalized spacial score (nSPS) is 18.0. The molecule has 2 atom stereocenters. The van der Waals surface area contributed by atoms with E-state index >= 15 is 0 Å². The van der Waals surface area contributed by atoms with Gasteiger partial charge in [-0.15, -0.1) is 11.8 Å². The molecule has 0 N–H and O–H groups in total. The number of rotatable bonds is 12. The Hall–Kier alpha value is -2.43. The molecule has 1 aromatic heterocycles. The average Bonchev–Trinajstić information content (AvgIpc) is 3.57. The number of halogens is 4. The summed E-state index contributed by atoms with van der Waals surface area (Å²) >= 11 is 14.1. The van der Waals surface area contributed by atoms with Crippen LogP contribution in [0.4, 0.5) is 8.78 Å². The van der Waals surface area contributed by atoms with Gasteiger partial charge in [-0.3, -0.25) is 4.98 Å². The lowest BCUT2D eigenvalue weighted by molar-refractivity contribution is -0.152. The van der Waals surface area contributed by atoms with Gasteiger partial charge in [0.25, 0.3) is 0 Å². The fourth-order valence-electron chi connectivity index (χ4n) is 3.81. The Morgan fingerprint density at radius 1 is 1.24 bits per heavy atom. The molecule has 2 aliphatic rings.